The molecular weight excluding hydrogens is 372 g/mol. The fraction of sp³-hybridized carbons (Fsp3) is 0.714. The van der Waals surface area contributed by atoms with Crippen LogP contribution in [0.1, 0.15) is 46.2 Å². The standard InChI is InChI=1S/C21H36N2O4Si/c1-20(2,3)28(6,7)27-17-15(12-24)23-16(13-8-10-14(22)11-9-13)18-19(17)26-21(4,5)25-18/h8-11,15-19,23-24H,12,22H2,1-7H3/t15-,16+,17-,18-,19+/m1/s1. The molecule has 4 N–H and O–H groups in total. The number of ether oxygens (including phenoxy) is 2. The Hall–Kier alpha value is -0.963. The number of piperidine rings is 1. The van der Waals surface area contributed by atoms with Crippen LogP contribution in [0.5, 0.6) is 0 Å². The summed E-state index contributed by atoms with van der Waals surface area (Å²) in [6.45, 7) is 14.9. The Bertz CT molecular complexity index is 687. The summed E-state index contributed by atoms with van der Waals surface area (Å²) in [5.74, 6) is -0.706. The molecule has 0 aliphatic carbocycles. The Morgan fingerprint density at radius 2 is 1.71 bits per heavy atom. The van der Waals surface area contributed by atoms with Crippen molar-refractivity contribution in [3.63, 3.8) is 0 Å². The van der Waals surface area contributed by atoms with Gasteiger partial charge in [-0.2, -0.15) is 0 Å². The Kier molecular flexibility index (Phi) is 5.73. The van der Waals surface area contributed by atoms with Crippen molar-refractivity contribution in [2.75, 3.05) is 12.3 Å². The Balaban J connectivity index is 1.95. The first-order valence-electron chi connectivity index (χ1n) is 10.1. The van der Waals surface area contributed by atoms with E-state index in [1.165, 1.54) is 0 Å². The van der Waals surface area contributed by atoms with Gasteiger partial charge in [0.25, 0.3) is 0 Å². The zero-order valence-electron chi connectivity index (χ0n) is 18.2. The fourth-order valence-electron chi connectivity index (χ4n) is 3.79. The van der Waals surface area contributed by atoms with Crippen LogP contribution in [0.4, 0.5) is 5.69 Å². The van der Waals surface area contributed by atoms with Gasteiger partial charge in [0.15, 0.2) is 14.1 Å². The summed E-state index contributed by atoms with van der Waals surface area (Å²) in [4.78, 5) is 0. The van der Waals surface area contributed by atoms with Crippen LogP contribution >= 0.6 is 0 Å². The number of anilines is 1. The molecule has 0 amide bonds. The van der Waals surface area contributed by atoms with Gasteiger partial charge in [-0.1, -0.05) is 32.9 Å². The van der Waals surface area contributed by atoms with Gasteiger partial charge in [0.1, 0.15) is 12.2 Å². The minimum atomic E-state index is -2.07. The number of hydrogen-bond donors (Lipinski definition) is 3. The van der Waals surface area contributed by atoms with Gasteiger partial charge in [0, 0.05) is 5.69 Å². The lowest BCUT2D eigenvalue weighted by Crippen LogP contribution is -2.64. The number of nitrogen functional groups attached to an aromatic ring is 1. The normalized spacial score (nSPS) is 32.9. The van der Waals surface area contributed by atoms with Crippen molar-refractivity contribution in [2.24, 2.45) is 0 Å². The first-order valence-corrected chi connectivity index (χ1v) is 13.0. The molecule has 1 aromatic carbocycles. The lowest BCUT2D eigenvalue weighted by molar-refractivity contribution is -0.153. The molecule has 3 rings (SSSR count). The van der Waals surface area contributed by atoms with E-state index in [4.69, 9.17) is 19.6 Å². The van der Waals surface area contributed by atoms with Crippen molar-refractivity contribution in [3.05, 3.63) is 29.8 Å². The number of fused-ring (bicyclic) bond motifs is 1. The maximum absolute atomic E-state index is 10.2. The third kappa shape index (κ3) is 4.15. The molecular formula is C21H36N2O4Si. The molecule has 0 saturated carbocycles. The number of benzene rings is 1. The minimum Gasteiger partial charge on any atom is -0.409 e. The molecule has 0 aromatic heterocycles. The second kappa shape index (κ2) is 7.38. The fourth-order valence-corrected chi connectivity index (χ4v) is 5.12. The number of nitrogens with one attached hydrogen (secondary N) is 1. The van der Waals surface area contributed by atoms with Crippen LogP contribution in [0, 0.1) is 0 Å². The molecule has 0 radical (unpaired) electrons. The summed E-state index contributed by atoms with van der Waals surface area (Å²) in [6, 6.07) is 7.43. The van der Waals surface area contributed by atoms with Gasteiger partial charge < -0.3 is 30.1 Å². The number of aliphatic hydroxyl groups is 1. The summed E-state index contributed by atoms with van der Waals surface area (Å²) in [7, 11) is -2.07. The molecule has 2 heterocycles. The van der Waals surface area contributed by atoms with Crippen molar-refractivity contribution in [1.29, 1.82) is 0 Å². The van der Waals surface area contributed by atoms with Crippen molar-refractivity contribution in [2.45, 2.75) is 88.9 Å². The lowest BCUT2D eigenvalue weighted by atomic mass is 9.87. The van der Waals surface area contributed by atoms with E-state index in [0.717, 1.165) is 11.3 Å². The average Bonchev–Trinajstić information content (AvgIpc) is 2.90. The van der Waals surface area contributed by atoms with E-state index in [9.17, 15) is 5.11 Å². The summed E-state index contributed by atoms with van der Waals surface area (Å²) in [5, 5.41) is 13.8. The molecule has 0 unspecified atom stereocenters. The molecule has 1 aromatic rings. The third-order valence-corrected chi connectivity index (χ3v) is 10.8. The van der Waals surface area contributed by atoms with E-state index in [0.29, 0.717) is 0 Å². The number of rotatable bonds is 4. The Morgan fingerprint density at radius 1 is 1.14 bits per heavy atom. The molecule has 2 fully saturated rings. The SMILES string of the molecule is CC1(C)O[C@H]2[C@H](O[Si](C)(C)C(C)(C)C)[C@@H](CO)N[C@@H](c3ccc(N)cc3)[C@H]2O1. The van der Waals surface area contributed by atoms with E-state index >= 15 is 0 Å². The van der Waals surface area contributed by atoms with Crippen molar-refractivity contribution < 1.29 is 19.0 Å². The highest BCUT2D eigenvalue weighted by Gasteiger charge is 2.56. The summed E-state index contributed by atoms with van der Waals surface area (Å²) in [5.41, 5.74) is 7.64. The second-order valence-electron chi connectivity index (χ2n) is 10.0. The zero-order valence-corrected chi connectivity index (χ0v) is 19.2. The summed E-state index contributed by atoms with van der Waals surface area (Å²) in [6.07, 6.45) is -0.746. The van der Waals surface area contributed by atoms with Crippen LogP contribution in [0.25, 0.3) is 0 Å². The molecule has 0 spiro atoms. The highest BCUT2D eigenvalue weighted by molar-refractivity contribution is 6.74. The first-order chi connectivity index (χ1) is 12.8. The quantitative estimate of drug-likeness (QED) is 0.524. The van der Waals surface area contributed by atoms with Gasteiger partial charge in [0.05, 0.1) is 24.8 Å². The molecule has 5 atom stereocenters. The van der Waals surface area contributed by atoms with Gasteiger partial charge in [-0.25, -0.2) is 0 Å². The van der Waals surface area contributed by atoms with Crippen LogP contribution in [0.2, 0.25) is 18.1 Å². The highest BCUT2D eigenvalue weighted by Crippen LogP contribution is 2.44. The molecule has 2 aliphatic heterocycles. The van der Waals surface area contributed by atoms with Crippen LogP contribution in [0.3, 0.4) is 0 Å². The van der Waals surface area contributed by atoms with Crippen LogP contribution in [-0.2, 0) is 13.9 Å². The average molecular weight is 409 g/mol. The van der Waals surface area contributed by atoms with E-state index < -0.39 is 14.1 Å². The predicted octanol–water partition coefficient (Wildman–Crippen LogP) is 3.18. The minimum absolute atomic E-state index is 0.0300. The van der Waals surface area contributed by atoms with Crippen molar-refractivity contribution in [1.82, 2.24) is 5.32 Å². The van der Waals surface area contributed by atoms with E-state index in [-0.39, 0.29) is 42.0 Å². The molecule has 6 nitrogen and oxygen atoms in total. The topological polar surface area (TPSA) is 86.0 Å². The van der Waals surface area contributed by atoms with E-state index in [1.54, 1.807) is 0 Å². The zero-order chi connectivity index (χ0) is 20.9. The van der Waals surface area contributed by atoms with Crippen molar-refractivity contribution in [3.8, 4) is 0 Å². The molecule has 28 heavy (non-hydrogen) atoms. The third-order valence-electron chi connectivity index (χ3n) is 6.34. The molecule has 158 valence electrons. The lowest BCUT2D eigenvalue weighted by Gasteiger charge is -2.48. The molecule has 2 aliphatic rings. The van der Waals surface area contributed by atoms with Crippen LogP contribution < -0.4 is 11.1 Å². The number of aliphatic hydroxyl groups excluding tert-OH is 1. The summed E-state index contributed by atoms with van der Waals surface area (Å²) < 4.78 is 19.4. The van der Waals surface area contributed by atoms with Crippen molar-refractivity contribution >= 4 is 14.0 Å². The molecule has 0 bridgehead atoms. The van der Waals surface area contributed by atoms with Gasteiger partial charge in [-0.05, 0) is 49.7 Å². The molecule has 2 saturated heterocycles. The smallest absolute Gasteiger partial charge is 0.192 e. The van der Waals surface area contributed by atoms with Crippen LogP contribution in [-0.4, -0.2) is 50.2 Å². The van der Waals surface area contributed by atoms with E-state index in [2.05, 4.69) is 39.2 Å². The maximum Gasteiger partial charge on any atom is 0.192 e. The Morgan fingerprint density at radius 3 is 2.25 bits per heavy atom. The monoisotopic (exact) mass is 408 g/mol. The van der Waals surface area contributed by atoms with E-state index in [1.807, 2.05) is 38.1 Å². The highest BCUT2D eigenvalue weighted by atomic mass is 28.4. The van der Waals surface area contributed by atoms with Crippen LogP contribution in [0.15, 0.2) is 24.3 Å². The van der Waals surface area contributed by atoms with Gasteiger partial charge >= 0.3 is 0 Å². The first kappa shape index (κ1) is 21.7. The molecule has 7 heteroatoms. The second-order valence-corrected chi connectivity index (χ2v) is 14.8. The maximum atomic E-state index is 10.2. The number of hydrogen-bond acceptors (Lipinski definition) is 6. The van der Waals surface area contributed by atoms with Gasteiger partial charge in [0.2, 0.25) is 0 Å². The number of nitrogens with two attached hydrogens (primary N) is 1. The summed E-state index contributed by atoms with van der Waals surface area (Å²) >= 11 is 0. The van der Waals surface area contributed by atoms with Gasteiger partial charge in [-0.15, -0.1) is 0 Å². The Labute approximate surface area is 169 Å². The van der Waals surface area contributed by atoms with Gasteiger partial charge in [-0.3, -0.25) is 0 Å². The predicted molar refractivity (Wildman–Crippen MR) is 113 cm³/mol. The largest absolute Gasteiger partial charge is 0.409 e.